The monoisotopic (exact) mass is 838 g/mol. The minimum absolute atomic E-state index is 0.152. The van der Waals surface area contributed by atoms with Crippen LogP contribution in [0.5, 0.6) is 0 Å². The molecule has 0 amide bonds. The topological polar surface area (TPSA) is 117 Å². The van der Waals surface area contributed by atoms with Gasteiger partial charge < -0.3 is 0 Å². The van der Waals surface area contributed by atoms with E-state index in [9.17, 15) is 9.59 Å². The summed E-state index contributed by atoms with van der Waals surface area (Å²) in [6.45, 7) is 11.5. The molecule has 0 radical (unpaired) electrons. The summed E-state index contributed by atoms with van der Waals surface area (Å²) in [5, 5.41) is 0. The van der Waals surface area contributed by atoms with E-state index in [2.05, 4.69) is 27.7 Å². The number of ether oxygens (including phenoxy) is 6. The van der Waals surface area contributed by atoms with Crippen LogP contribution in [0.3, 0.4) is 0 Å². The van der Waals surface area contributed by atoms with Crippen LogP contribution in [0.2, 0.25) is 17.7 Å². The molecule has 0 spiro atoms. The molecule has 0 saturated heterocycles. The van der Waals surface area contributed by atoms with Gasteiger partial charge in [-0.2, -0.15) is 0 Å². The van der Waals surface area contributed by atoms with E-state index in [1.807, 2.05) is 0 Å². The van der Waals surface area contributed by atoms with Crippen molar-refractivity contribution < 1.29 is 45.6 Å². The maximum atomic E-state index is 13.2. The van der Waals surface area contributed by atoms with E-state index in [1.54, 1.807) is 14.2 Å². The molecule has 13 heteroatoms. The molecular weight excluding hydrogens is 774 g/mol. The molecular formula is C30H62O11Sn2. The molecule has 0 aromatic rings. The third kappa shape index (κ3) is 23.3. The molecule has 256 valence electrons. The third-order valence-corrected chi connectivity index (χ3v) is 39.2. The number of unbranched alkanes of at least 4 members (excludes halogenated alkanes) is 4. The first-order valence-electron chi connectivity index (χ1n) is 16.3. The summed E-state index contributed by atoms with van der Waals surface area (Å²) in [5.41, 5.74) is 0. The fourth-order valence-corrected chi connectivity index (χ4v) is 45.5. The Bertz CT molecular complexity index is 600. The summed E-state index contributed by atoms with van der Waals surface area (Å²) in [4.78, 5) is 26.3. The van der Waals surface area contributed by atoms with Crippen LogP contribution in [0.25, 0.3) is 0 Å². The predicted octanol–water partition coefficient (Wildman–Crippen LogP) is 5.53. The minimum atomic E-state index is -4.06. The van der Waals surface area contributed by atoms with E-state index in [0.29, 0.717) is 39.6 Å². The van der Waals surface area contributed by atoms with E-state index in [4.69, 9.17) is 36.0 Å². The Morgan fingerprint density at radius 2 is 0.767 bits per heavy atom. The molecule has 0 fully saturated rings. The van der Waals surface area contributed by atoms with Gasteiger partial charge in [-0.05, 0) is 0 Å². The van der Waals surface area contributed by atoms with Crippen molar-refractivity contribution in [2.45, 2.75) is 96.8 Å². The average molecular weight is 836 g/mol. The molecule has 43 heavy (non-hydrogen) atoms. The second-order valence-corrected chi connectivity index (χ2v) is 32.4. The third-order valence-electron chi connectivity index (χ3n) is 6.66. The van der Waals surface area contributed by atoms with Gasteiger partial charge >= 0.3 is 273 Å². The summed E-state index contributed by atoms with van der Waals surface area (Å²) >= 11 is -8.13. The molecule has 0 atom stereocenters. The summed E-state index contributed by atoms with van der Waals surface area (Å²) in [6.07, 6.45) is 7.49. The van der Waals surface area contributed by atoms with Gasteiger partial charge in [0.1, 0.15) is 0 Å². The van der Waals surface area contributed by atoms with Crippen molar-refractivity contribution in [3.05, 3.63) is 0 Å². The van der Waals surface area contributed by atoms with E-state index < -0.39 is 50.3 Å². The zero-order chi connectivity index (χ0) is 32.1. The van der Waals surface area contributed by atoms with E-state index in [1.165, 1.54) is 0 Å². The molecule has 0 aliphatic rings. The van der Waals surface area contributed by atoms with Gasteiger partial charge in [-0.1, -0.05) is 0 Å². The number of methoxy groups -OCH3 is 2. The number of carbonyl (C=O) groups is 2. The van der Waals surface area contributed by atoms with Gasteiger partial charge in [-0.15, -0.1) is 0 Å². The zero-order valence-corrected chi connectivity index (χ0v) is 33.8. The van der Waals surface area contributed by atoms with Crippen LogP contribution in [0.15, 0.2) is 0 Å². The predicted molar refractivity (Wildman–Crippen MR) is 171 cm³/mol. The van der Waals surface area contributed by atoms with Crippen molar-refractivity contribution >= 4 is 50.3 Å². The van der Waals surface area contributed by atoms with Crippen LogP contribution >= 0.6 is 0 Å². The van der Waals surface area contributed by atoms with E-state index in [0.717, 1.165) is 69.1 Å². The van der Waals surface area contributed by atoms with E-state index in [-0.39, 0.29) is 26.4 Å². The van der Waals surface area contributed by atoms with Crippen molar-refractivity contribution in [3.8, 4) is 0 Å². The summed E-state index contributed by atoms with van der Waals surface area (Å²) in [7, 11) is 3.24. The van der Waals surface area contributed by atoms with Crippen molar-refractivity contribution in [1.29, 1.82) is 0 Å². The van der Waals surface area contributed by atoms with Gasteiger partial charge in [-0.25, -0.2) is 0 Å². The van der Waals surface area contributed by atoms with Crippen LogP contribution in [0.4, 0.5) is 0 Å². The fraction of sp³-hybridized carbons (Fsp3) is 0.933. The normalized spacial score (nSPS) is 12.0. The molecule has 0 saturated carbocycles. The quantitative estimate of drug-likeness (QED) is 0.0629. The number of hydrogen-bond acceptors (Lipinski definition) is 11. The molecule has 0 rings (SSSR count). The van der Waals surface area contributed by atoms with Gasteiger partial charge in [0.05, 0.1) is 0 Å². The van der Waals surface area contributed by atoms with E-state index >= 15 is 0 Å². The molecule has 0 aliphatic carbocycles. The molecule has 0 unspecified atom stereocenters. The standard InChI is InChI=1S/2C7H14O5.4C4H9.O.2Sn/c2*1-10-2-3-11-4-5-12-6-7(8)9;4*1-3-4-2;;;/h2*2-6H2,1H3,(H,8,9);4*1,3-4H2,2H3;;;/q;;;;;;;2*+1/p-2. The van der Waals surface area contributed by atoms with Crippen LogP contribution in [-0.2, 0) is 45.6 Å². The van der Waals surface area contributed by atoms with Gasteiger partial charge in [-0.3, -0.25) is 0 Å². The van der Waals surface area contributed by atoms with Crippen LogP contribution in [-0.4, -0.2) is 131 Å². The molecule has 0 aromatic heterocycles. The molecule has 0 aliphatic heterocycles. The number of hydrogen-bond donors (Lipinski definition) is 0. The maximum absolute atomic E-state index is 13.2. The molecule has 11 nitrogen and oxygen atoms in total. The Kier molecular flexibility index (Phi) is 29.8. The van der Waals surface area contributed by atoms with Crippen LogP contribution < -0.4 is 0 Å². The first-order chi connectivity index (χ1) is 20.9. The van der Waals surface area contributed by atoms with Gasteiger partial charge in [0.15, 0.2) is 0 Å². The SMILES string of the molecule is CCC[CH2][Sn]([CH2]CCC)([O]C(=O)COCCOCCOC)[O][Sn]([CH2]CCC)([CH2]CCC)[O]C(=O)COCCOCCOC. The zero-order valence-electron chi connectivity index (χ0n) is 28.0. The molecule has 0 aromatic carbocycles. The summed E-state index contributed by atoms with van der Waals surface area (Å²) < 4.78 is 55.0. The second kappa shape index (κ2) is 29.6. The average Bonchev–Trinajstić information content (AvgIpc) is 3.00. The Hall–Kier alpha value is 0.257. The van der Waals surface area contributed by atoms with Crippen LogP contribution in [0, 0.1) is 0 Å². The van der Waals surface area contributed by atoms with Crippen molar-refractivity contribution in [2.75, 3.05) is 80.3 Å². The Labute approximate surface area is 271 Å². The van der Waals surface area contributed by atoms with Crippen LogP contribution in [0.1, 0.15) is 79.1 Å². The van der Waals surface area contributed by atoms with Gasteiger partial charge in [0.2, 0.25) is 0 Å². The second-order valence-electron chi connectivity index (χ2n) is 10.6. The summed E-state index contributed by atoms with van der Waals surface area (Å²) in [6, 6.07) is 0. The molecule has 0 heterocycles. The van der Waals surface area contributed by atoms with Crippen molar-refractivity contribution in [1.82, 2.24) is 0 Å². The first kappa shape index (κ1) is 43.3. The fourth-order valence-electron chi connectivity index (χ4n) is 4.33. The number of rotatable bonds is 32. The Morgan fingerprint density at radius 1 is 0.465 bits per heavy atom. The Balaban J connectivity index is 5.75. The van der Waals surface area contributed by atoms with Crippen molar-refractivity contribution in [2.24, 2.45) is 0 Å². The summed E-state index contributed by atoms with van der Waals surface area (Å²) in [5.74, 6) is -0.789. The molecule has 0 bridgehead atoms. The number of carbonyl (C=O) groups excluding carboxylic acids is 2. The first-order valence-corrected chi connectivity index (χ1v) is 29.0. The van der Waals surface area contributed by atoms with Crippen molar-refractivity contribution in [3.63, 3.8) is 0 Å². The molecule has 0 N–H and O–H groups in total. The van der Waals surface area contributed by atoms with Gasteiger partial charge in [0.25, 0.3) is 0 Å². The van der Waals surface area contributed by atoms with Gasteiger partial charge in [0, 0.05) is 0 Å². The Morgan fingerprint density at radius 3 is 1.07 bits per heavy atom.